The van der Waals surface area contributed by atoms with Crippen LogP contribution in [0, 0.1) is 6.92 Å². The van der Waals surface area contributed by atoms with Gasteiger partial charge in [0.1, 0.15) is 0 Å². The summed E-state index contributed by atoms with van der Waals surface area (Å²) in [5.41, 5.74) is 2.24. The summed E-state index contributed by atoms with van der Waals surface area (Å²) in [6.07, 6.45) is 0. The molecule has 1 atom stereocenters. The maximum absolute atomic E-state index is 4.36. The second kappa shape index (κ2) is 5.96. The van der Waals surface area contributed by atoms with E-state index in [4.69, 9.17) is 0 Å². The van der Waals surface area contributed by atoms with Crippen molar-refractivity contribution >= 4 is 17.4 Å². The zero-order valence-electron chi connectivity index (χ0n) is 11.1. The second-order valence-electron chi connectivity index (χ2n) is 4.42. The molecule has 1 unspecified atom stereocenters. The summed E-state index contributed by atoms with van der Waals surface area (Å²) in [5, 5.41) is 9.52. The maximum Gasteiger partial charge on any atom is 0.0942 e. The minimum atomic E-state index is 0.500. The smallest absolute Gasteiger partial charge is 0.0942 e. The molecule has 0 radical (unpaired) electrons. The predicted octanol–water partition coefficient (Wildman–Crippen LogP) is 3.32. The molecule has 2 aromatic rings. The molecule has 96 valence electrons. The molecule has 1 aromatic carbocycles. The van der Waals surface area contributed by atoms with E-state index in [2.05, 4.69) is 35.5 Å². The highest BCUT2D eigenvalue weighted by molar-refractivity contribution is 7.99. The Morgan fingerprint density at radius 1 is 1.33 bits per heavy atom. The van der Waals surface area contributed by atoms with E-state index in [1.807, 2.05) is 48.6 Å². The normalized spacial score (nSPS) is 12.4. The zero-order chi connectivity index (χ0) is 13.0. The van der Waals surface area contributed by atoms with Gasteiger partial charge in [0.05, 0.1) is 10.7 Å². The molecule has 0 saturated heterocycles. The van der Waals surface area contributed by atoms with Gasteiger partial charge in [0.2, 0.25) is 0 Å². The molecule has 0 fully saturated rings. The van der Waals surface area contributed by atoms with Gasteiger partial charge in [-0.2, -0.15) is 5.10 Å². The van der Waals surface area contributed by atoms with Gasteiger partial charge in [-0.25, -0.2) is 0 Å². The molecular formula is C14H19N3S. The molecule has 0 spiro atoms. The fourth-order valence-electron chi connectivity index (χ4n) is 1.76. The molecule has 1 aromatic heterocycles. The number of anilines is 1. The number of nitrogens with zero attached hydrogens (tertiary/aromatic N) is 2. The Morgan fingerprint density at radius 2 is 2.06 bits per heavy atom. The number of aryl methyl sites for hydroxylation is 2. The number of rotatable bonds is 5. The van der Waals surface area contributed by atoms with Gasteiger partial charge in [-0.05, 0) is 25.1 Å². The van der Waals surface area contributed by atoms with Gasteiger partial charge in [0, 0.05) is 24.5 Å². The summed E-state index contributed by atoms with van der Waals surface area (Å²) < 4.78 is 1.94. The Hall–Kier alpha value is -1.42. The van der Waals surface area contributed by atoms with Crippen LogP contribution < -0.4 is 5.32 Å². The van der Waals surface area contributed by atoms with Crippen LogP contribution in [0.4, 0.5) is 5.69 Å². The van der Waals surface area contributed by atoms with Gasteiger partial charge in [-0.3, -0.25) is 4.68 Å². The first-order valence-electron chi connectivity index (χ1n) is 6.11. The van der Waals surface area contributed by atoms with Gasteiger partial charge < -0.3 is 5.32 Å². The summed E-state index contributed by atoms with van der Waals surface area (Å²) in [5.74, 6) is 0. The lowest BCUT2D eigenvalue weighted by atomic mass is 10.3. The van der Waals surface area contributed by atoms with Gasteiger partial charge in [0.15, 0.2) is 0 Å². The minimum Gasteiger partial charge on any atom is -0.384 e. The van der Waals surface area contributed by atoms with E-state index in [1.165, 1.54) is 10.7 Å². The molecule has 1 N–H and O–H groups in total. The van der Waals surface area contributed by atoms with Crippen molar-refractivity contribution in [3.8, 4) is 0 Å². The van der Waals surface area contributed by atoms with Crippen molar-refractivity contribution in [1.29, 1.82) is 0 Å². The number of aromatic nitrogens is 2. The molecule has 0 aliphatic rings. The Bertz CT molecular complexity index is 493. The predicted molar refractivity (Wildman–Crippen MR) is 78.2 cm³/mol. The number of hydrogen-bond donors (Lipinski definition) is 1. The third-order valence-corrected chi connectivity index (χ3v) is 3.84. The molecule has 0 aliphatic heterocycles. The van der Waals surface area contributed by atoms with Gasteiger partial charge in [0.25, 0.3) is 0 Å². The molecule has 0 aliphatic carbocycles. The van der Waals surface area contributed by atoms with Crippen molar-refractivity contribution < 1.29 is 0 Å². The minimum absolute atomic E-state index is 0.500. The molecule has 0 saturated carbocycles. The first-order chi connectivity index (χ1) is 8.65. The number of nitrogens with one attached hydrogen (secondary N) is 1. The number of thioether (sulfide) groups is 1. The Kier molecular flexibility index (Phi) is 4.31. The van der Waals surface area contributed by atoms with Crippen LogP contribution >= 0.6 is 11.8 Å². The van der Waals surface area contributed by atoms with Crippen LogP contribution in [0.3, 0.4) is 0 Å². The van der Waals surface area contributed by atoms with Crippen LogP contribution in [0.2, 0.25) is 0 Å². The lowest BCUT2D eigenvalue weighted by Crippen LogP contribution is -2.13. The van der Waals surface area contributed by atoms with E-state index < -0.39 is 0 Å². The lowest BCUT2D eigenvalue weighted by molar-refractivity contribution is 0.691. The highest BCUT2D eigenvalue weighted by Gasteiger charge is 2.08. The highest BCUT2D eigenvalue weighted by Crippen LogP contribution is 2.23. The van der Waals surface area contributed by atoms with Crippen LogP contribution in [-0.2, 0) is 7.05 Å². The molecule has 1 heterocycles. The first-order valence-corrected chi connectivity index (χ1v) is 6.99. The highest BCUT2D eigenvalue weighted by atomic mass is 32.2. The fraction of sp³-hybridized carbons (Fsp3) is 0.357. The van der Waals surface area contributed by atoms with E-state index in [9.17, 15) is 0 Å². The molecule has 18 heavy (non-hydrogen) atoms. The molecular weight excluding hydrogens is 242 g/mol. The van der Waals surface area contributed by atoms with Crippen LogP contribution in [-0.4, -0.2) is 21.6 Å². The summed E-state index contributed by atoms with van der Waals surface area (Å²) in [6, 6.07) is 12.4. The van der Waals surface area contributed by atoms with E-state index >= 15 is 0 Å². The molecule has 0 amide bonds. The largest absolute Gasteiger partial charge is 0.384 e. The van der Waals surface area contributed by atoms with E-state index in [0.29, 0.717) is 5.25 Å². The van der Waals surface area contributed by atoms with Gasteiger partial charge in [-0.1, -0.05) is 25.1 Å². The van der Waals surface area contributed by atoms with E-state index in [1.54, 1.807) is 0 Å². The number of para-hydroxylation sites is 1. The summed E-state index contributed by atoms with van der Waals surface area (Å²) >= 11 is 1.85. The van der Waals surface area contributed by atoms with Crippen molar-refractivity contribution in [1.82, 2.24) is 9.78 Å². The van der Waals surface area contributed by atoms with Crippen molar-refractivity contribution in [2.75, 3.05) is 11.9 Å². The van der Waals surface area contributed by atoms with Crippen LogP contribution in [0.25, 0.3) is 0 Å². The van der Waals surface area contributed by atoms with Crippen LogP contribution in [0.1, 0.15) is 12.6 Å². The summed E-state index contributed by atoms with van der Waals surface area (Å²) in [7, 11) is 1.99. The summed E-state index contributed by atoms with van der Waals surface area (Å²) in [4.78, 5) is 0. The lowest BCUT2D eigenvalue weighted by Gasteiger charge is -2.13. The quantitative estimate of drug-likeness (QED) is 0.837. The monoisotopic (exact) mass is 261 g/mol. The molecule has 0 bridgehead atoms. The fourth-order valence-corrected chi connectivity index (χ4v) is 2.77. The first kappa shape index (κ1) is 13.0. The van der Waals surface area contributed by atoms with Crippen molar-refractivity contribution in [2.24, 2.45) is 7.05 Å². The topological polar surface area (TPSA) is 29.9 Å². The third-order valence-electron chi connectivity index (χ3n) is 2.65. The van der Waals surface area contributed by atoms with Gasteiger partial charge in [-0.15, -0.1) is 11.8 Å². The van der Waals surface area contributed by atoms with Crippen LogP contribution in [0.15, 0.2) is 41.4 Å². The summed E-state index contributed by atoms with van der Waals surface area (Å²) in [6.45, 7) is 5.19. The maximum atomic E-state index is 4.36. The van der Waals surface area contributed by atoms with Crippen LogP contribution in [0.5, 0.6) is 0 Å². The molecule has 3 nitrogen and oxygen atoms in total. The van der Waals surface area contributed by atoms with Crippen molar-refractivity contribution in [2.45, 2.75) is 24.1 Å². The van der Waals surface area contributed by atoms with E-state index in [-0.39, 0.29) is 0 Å². The molecule has 2 rings (SSSR count). The Labute approximate surface area is 113 Å². The number of benzene rings is 1. The molecule has 4 heteroatoms. The van der Waals surface area contributed by atoms with Crippen molar-refractivity contribution in [3.63, 3.8) is 0 Å². The second-order valence-corrected chi connectivity index (χ2v) is 5.88. The number of hydrogen-bond acceptors (Lipinski definition) is 3. The standard InChI is InChI=1S/C14H19N3S/c1-11-9-14(17(3)16-11)18-12(2)10-15-13-7-5-4-6-8-13/h4-9,12,15H,10H2,1-3H3. The average Bonchev–Trinajstić information content (AvgIpc) is 2.67. The SMILES string of the molecule is Cc1cc(SC(C)CNc2ccccc2)n(C)n1. The van der Waals surface area contributed by atoms with E-state index in [0.717, 1.165) is 12.2 Å². The Balaban J connectivity index is 1.86. The average molecular weight is 261 g/mol. The van der Waals surface area contributed by atoms with Crippen molar-refractivity contribution in [3.05, 3.63) is 42.1 Å². The third kappa shape index (κ3) is 3.53. The van der Waals surface area contributed by atoms with Gasteiger partial charge >= 0.3 is 0 Å². The zero-order valence-corrected chi connectivity index (χ0v) is 11.9. The Morgan fingerprint density at radius 3 is 2.67 bits per heavy atom.